The van der Waals surface area contributed by atoms with E-state index in [0.29, 0.717) is 21.5 Å². The molecule has 28 heavy (non-hydrogen) atoms. The third kappa shape index (κ3) is 3.87. The average Bonchev–Trinajstić information content (AvgIpc) is 2.67. The van der Waals surface area contributed by atoms with Gasteiger partial charge < -0.3 is 20.3 Å². The third-order valence-electron chi connectivity index (χ3n) is 4.32. The van der Waals surface area contributed by atoms with Crippen LogP contribution in [0, 0.1) is 6.92 Å². The summed E-state index contributed by atoms with van der Waals surface area (Å²) < 4.78 is 5.17. The van der Waals surface area contributed by atoms with E-state index >= 15 is 0 Å². The van der Waals surface area contributed by atoms with Gasteiger partial charge in [0.1, 0.15) is 17.1 Å². The largest absolute Gasteiger partial charge is 0.507 e. The average molecular weight is 400 g/mol. The predicted octanol–water partition coefficient (Wildman–Crippen LogP) is 4.40. The number of anilines is 1. The molecule has 0 aliphatic rings. The van der Waals surface area contributed by atoms with E-state index in [4.69, 9.17) is 16.3 Å². The van der Waals surface area contributed by atoms with E-state index in [9.17, 15) is 19.8 Å². The Morgan fingerprint density at radius 1 is 1.07 bits per heavy atom. The summed E-state index contributed by atoms with van der Waals surface area (Å²) in [6.07, 6.45) is -1.14. The standard InChI is InChI=1S/C21H18ClNO5/c1-11-7-8-13(22)9-17(11)23-20(26)12(2)28-21(27)16-10-18(24)14-5-3-4-6-15(14)19(16)25/h3-10,12,24-25H,1-2H3,(H,23,26)/t12-/m1/s1. The van der Waals surface area contributed by atoms with Gasteiger partial charge in [-0.15, -0.1) is 0 Å². The minimum absolute atomic E-state index is 0.174. The van der Waals surface area contributed by atoms with Gasteiger partial charge in [0.05, 0.1) is 0 Å². The van der Waals surface area contributed by atoms with Crippen LogP contribution in [0.15, 0.2) is 48.5 Å². The minimum atomic E-state index is -1.14. The van der Waals surface area contributed by atoms with Crippen LogP contribution in [0.4, 0.5) is 5.69 Å². The lowest BCUT2D eigenvalue weighted by atomic mass is 10.0. The van der Waals surface area contributed by atoms with Crippen LogP contribution in [-0.2, 0) is 9.53 Å². The van der Waals surface area contributed by atoms with Crippen LogP contribution in [0.2, 0.25) is 5.02 Å². The maximum absolute atomic E-state index is 12.5. The molecule has 144 valence electrons. The Kier molecular flexibility index (Phi) is 5.42. The Bertz CT molecular complexity index is 1080. The Balaban J connectivity index is 1.79. The van der Waals surface area contributed by atoms with Gasteiger partial charge >= 0.3 is 5.97 Å². The zero-order valence-electron chi connectivity index (χ0n) is 15.2. The van der Waals surface area contributed by atoms with Crippen molar-refractivity contribution in [3.8, 4) is 11.5 Å². The van der Waals surface area contributed by atoms with Gasteiger partial charge in [0, 0.05) is 21.5 Å². The fourth-order valence-electron chi connectivity index (χ4n) is 2.74. The number of halogens is 1. The number of rotatable bonds is 4. The normalized spacial score (nSPS) is 11.8. The summed E-state index contributed by atoms with van der Waals surface area (Å²) in [6.45, 7) is 3.21. The van der Waals surface area contributed by atoms with Gasteiger partial charge in [-0.1, -0.05) is 41.9 Å². The van der Waals surface area contributed by atoms with Crippen LogP contribution < -0.4 is 5.32 Å². The van der Waals surface area contributed by atoms with Crippen molar-refractivity contribution in [3.05, 3.63) is 64.7 Å². The first-order valence-electron chi connectivity index (χ1n) is 8.49. The molecule has 0 bridgehead atoms. The molecule has 0 heterocycles. The molecule has 1 atom stereocenters. The molecular weight excluding hydrogens is 382 g/mol. The van der Waals surface area contributed by atoms with Crippen LogP contribution in [0.3, 0.4) is 0 Å². The van der Waals surface area contributed by atoms with Crippen molar-refractivity contribution in [2.45, 2.75) is 20.0 Å². The van der Waals surface area contributed by atoms with E-state index in [1.54, 1.807) is 49.4 Å². The minimum Gasteiger partial charge on any atom is -0.507 e. The maximum Gasteiger partial charge on any atom is 0.342 e. The molecule has 7 heteroatoms. The summed E-state index contributed by atoms with van der Waals surface area (Å²) in [5.41, 5.74) is 1.08. The molecule has 0 spiro atoms. The van der Waals surface area contributed by atoms with Crippen molar-refractivity contribution in [2.24, 2.45) is 0 Å². The fourth-order valence-corrected chi connectivity index (χ4v) is 2.91. The second-order valence-electron chi connectivity index (χ2n) is 6.33. The van der Waals surface area contributed by atoms with Crippen LogP contribution in [-0.4, -0.2) is 28.2 Å². The first-order chi connectivity index (χ1) is 13.3. The predicted molar refractivity (Wildman–Crippen MR) is 107 cm³/mol. The van der Waals surface area contributed by atoms with Crippen molar-refractivity contribution in [1.82, 2.24) is 0 Å². The second-order valence-corrected chi connectivity index (χ2v) is 6.77. The van der Waals surface area contributed by atoms with Crippen molar-refractivity contribution in [2.75, 3.05) is 5.32 Å². The number of esters is 1. The van der Waals surface area contributed by atoms with Gasteiger partial charge in [0.25, 0.3) is 5.91 Å². The zero-order valence-corrected chi connectivity index (χ0v) is 15.9. The number of phenolic OH excluding ortho intramolecular Hbond substituents is 2. The highest BCUT2D eigenvalue weighted by atomic mass is 35.5. The summed E-state index contributed by atoms with van der Waals surface area (Å²) in [5, 5.41) is 24.3. The number of nitrogens with one attached hydrogen (secondary N) is 1. The number of amides is 1. The van der Waals surface area contributed by atoms with E-state index in [-0.39, 0.29) is 17.1 Å². The fraction of sp³-hybridized carbons (Fsp3) is 0.143. The van der Waals surface area contributed by atoms with Crippen molar-refractivity contribution in [1.29, 1.82) is 0 Å². The number of hydrogen-bond donors (Lipinski definition) is 3. The maximum atomic E-state index is 12.5. The van der Waals surface area contributed by atoms with Gasteiger partial charge in [0.15, 0.2) is 6.10 Å². The van der Waals surface area contributed by atoms with Gasteiger partial charge in [-0.2, -0.15) is 0 Å². The van der Waals surface area contributed by atoms with E-state index < -0.39 is 18.0 Å². The monoisotopic (exact) mass is 399 g/mol. The molecular formula is C21H18ClNO5. The number of benzene rings is 3. The molecule has 0 radical (unpaired) electrons. The van der Waals surface area contributed by atoms with Gasteiger partial charge in [-0.05, 0) is 37.6 Å². The zero-order chi connectivity index (χ0) is 20.4. The molecule has 6 nitrogen and oxygen atoms in total. The number of aromatic hydroxyl groups is 2. The molecule has 0 fully saturated rings. The van der Waals surface area contributed by atoms with Crippen LogP contribution >= 0.6 is 11.6 Å². The van der Waals surface area contributed by atoms with Gasteiger partial charge in [0.2, 0.25) is 0 Å². The highest BCUT2D eigenvalue weighted by Crippen LogP contribution is 2.35. The summed E-state index contributed by atoms with van der Waals surface area (Å²) >= 11 is 5.94. The number of ether oxygens (including phenoxy) is 1. The highest BCUT2D eigenvalue weighted by Gasteiger charge is 2.23. The quantitative estimate of drug-likeness (QED) is 0.446. The molecule has 0 aromatic heterocycles. The smallest absolute Gasteiger partial charge is 0.342 e. The van der Waals surface area contributed by atoms with E-state index in [1.807, 2.05) is 0 Å². The molecule has 0 saturated heterocycles. The number of carbonyl (C=O) groups is 2. The number of aryl methyl sites for hydroxylation is 1. The SMILES string of the molecule is Cc1ccc(Cl)cc1NC(=O)[C@@H](C)OC(=O)c1cc(O)c2ccccc2c1O. The number of phenols is 2. The topological polar surface area (TPSA) is 95.9 Å². The van der Waals surface area contributed by atoms with E-state index in [0.717, 1.165) is 11.6 Å². The van der Waals surface area contributed by atoms with Crippen LogP contribution in [0.1, 0.15) is 22.8 Å². The van der Waals surface area contributed by atoms with E-state index in [1.165, 1.54) is 6.92 Å². The molecule has 0 saturated carbocycles. The van der Waals surface area contributed by atoms with Gasteiger partial charge in [-0.3, -0.25) is 4.79 Å². The molecule has 0 unspecified atom stereocenters. The Hall–Kier alpha value is -3.25. The summed E-state index contributed by atoms with van der Waals surface area (Å²) in [6, 6.07) is 12.7. The third-order valence-corrected chi connectivity index (χ3v) is 4.56. The highest BCUT2D eigenvalue weighted by molar-refractivity contribution is 6.31. The van der Waals surface area contributed by atoms with E-state index in [2.05, 4.69) is 5.32 Å². The van der Waals surface area contributed by atoms with Crippen molar-refractivity contribution < 1.29 is 24.5 Å². The molecule has 3 N–H and O–H groups in total. The lowest BCUT2D eigenvalue weighted by Crippen LogP contribution is -2.30. The van der Waals surface area contributed by atoms with Gasteiger partial charge in [-0.25, -0.2) is 4.79 Å². The summed E-state index contributed by atoms with van der Waals surface area (Å²) in [7, 11) is 0. The van der Waals surface area contributed by atoms with Crippen molar-refractivity contribution >= 4 is 39.9 Å². The van der Waals surface area contributed by atoms with Crippen molar-refractivity contribution in [3.63, 3.8) is 0 Å². The Labute approximate surface area is 166 Å². The van der Waals surface area contributed by atoms with Crippen LogP contribution in [0.25, 0.3) is 10.8 Å². The molecule has 0 aliphatic carbocycles. The molecule has 0 aliphatic heterocycles. The Morgan fingerprint density at radius 3 is 2.46 bits per heavy atom. The lowest BCUT2D eigenvalue weighted by molar-refractivity contribution is -0.123. The summed E-state index contributed by atoms with van der Waals surface area (Å²) in [5.74, 6) is -1.98. The second kappa shape index (κ2) is 7.78. The molecule has 3 aromatic rings. The molecule has 3 aromatic carbocycles. The number of carbonyl (C=O) groups excluding carboxylic acids is 2. The first kappa shape index (κ1) is 19.5. The first-order valence-corrected chi connectivity index (χ1v) is 8.87. The number of hydrogen-bond acceptors (Lipinski definition) is 5. The molecule has 1 amide bonds. The number of fused-ring (bicyclic) bond motifs is 1. The Morgan fingerprint density at radius 2 is 1.75 bits per heavy atom. The lowest BCUT2D eigenvalue weighted by Gasteiger charge is -2.16. The molecule has 3 rings (SSSR count). The summed E-state index contributed by atoms with van der Waals surface area (Å²) in [4.78, 5) is 24.8. The van der Waals surface area contributed by atoms with Crippen LogP contribution in [0.5, 0.6) is 11.5 Å².